The largest absolute Gasteiger partial charge is 0.387 e. The SMILES string of the molecule is CNc1nc(CNCCC(=O)NC(C)(C)C)nc2c1ncn2[C@@H]1O[C@H](COC)[C@@H](O)[C@H]1O. The van der Waals surface area contributed by atoms with Gasteiger partial charge in [0.05, 0.1) is 19.5 Å². The lowest BCUT2D eigenvalue weighted by Gasteiger charge is -2.20. The van der Waals surface area contributed by atoms with Gasteiger partial charge in [0.15, 0.2) is 23.2 Å². The average Bonchev–Trinajstić information content (AvgIpc) is 3.26. The molecule has 2 aromatic heterocycles. The van der Waals surface area contributed by atoms with Crippen LogP contribution in [0.3, 0.4) is 0 Å². The summed E-state index contributed by atoms with van der Waals surface area (Å²) in [5, 5.41) is 29.9. The summed E-state index contributed by atoms with van der Waals surface area (Å²) in [5.41, 5.74) is 0.704. The molecule has 0 radical (unpaired) electrons. The van der Waals surface area contributed by atoms with Gasteiger partial charge < -0.3 is 35.6 Å². The van der Waals surface area contributed by atoms with E-state index in [1.54, 1.807) is 11.6 Å². The molecule has 32 heavy (non-hydrogen) atoms. The average molecular weight is 452 g/mol. The normalized spacial score (nSPS) is 23.6. The first-order valence-electron chi connectivity index (χ1n) is 10.6. The number of amides is 1. The van der Waals surface area contributed by atoms with Crippen molar-refractivity contribution in [3.8, 4) is 0 Å². The number of ether oxygens (including phenoxy) is 2. The lowest BCUT2D eigenvalue weighted by Crippen LogP contribution is -2.41. The fourth-order valence-corrected chi connectivity index (χ4v) is 3.55. The minimum atomic E-state index is -1.16. The van der Waals surface area contributed by atoms with E-state index in [4.69, 9.17) is 9.47 Å². The maximum absolute atomic E-state index is 12.0. The Hall–Kier alpha value is -2.38. The van der Waals surface area contributed by atoms with Crippen molar-refractivity contribution in [1.29, 1.82) is 0 Å². The Morgan fingerprint density at radius 1 is 1.28 bits per heavy atom. The number of aromatic nitrogens is 4. The second kappa shape index (κ2) is 10.0. The van der Waals surface area contributed by atoms with Gasteiger partial charge in [0, 0.05) is 32.7 Å². The van der Waals surface area contributed by atoms with Crippen molar-refractivity contribution in [2.24, 2.45) is 0 Å². The maximum Gasteiger partial charge on any atom is 0.221 e. The predicted molar refractivity (Wildman–Crippen MR) is 117 cm³/mol. The van der Waals surface area contributed by atoms with Crippen LogP contribution in [0.5, 0.6) is 0 Å². The number of imidazole rings is 1. The Kier molecular flexibility index (Phi) is 7.62. The Bertz CT molecular complexity index is 929. The summed E-state index contributed by atoms with van der Waals surface area (Å²) in [6.45, 7) is 6.76. The molecule has 12 nitrogen and oxygen atoms in total. The smallest absolute Gasteiger partial charge is 0.221 e. The predicted octanol–water partition coefficient (Wildman–Crippen LogP) is -0.472. The number of methoxy groups -OCH3 is 1. The highest BCUT2D eigenvalue weighted by Crippen LogP contribution is 2.32. The van der Waals surface area contributed by atoms with E-state index in [0.717, 1.165) is 0 Å². The Morgan fingerprint density at radius 3 is 2.69 bits per heavy atom. The van der Waals surface area contributed by atoms with Gasteiger partial charge in [-0.05, 0) is 20.8 Å². The highest BCUT2D eigenvalue weighted by molar-refractivity contribution is 5.83. The van der Waals surface area contributed by atoms with Gasteiger partial charge in [-0.2, -0.15) is 0 Å². The van der Waals surface area contributed by atoms with E-state index in [9.17, 15) is 15.0 Å². The number of carbonyl (C=O) groups is 1. The first-order chi connectivity index (χ1) is 15.1. The van der Waals surface area contributed by atoms with E-state index >= 15 is 0 Å². The van der Waals surface area contributed by atoms with Crippen molar-refractivity contribution in [3.63, 3.8) is 0 Å². The Balaban J connectivity index is 1.74. The van der Waals surface area contributed by atoms with Crippen LogP contribution in [0.2, 0.25) is 0 Å². The van der Waals surface area contributed by atoms with Crippen molar-refractivity contribution < 1.29 is 24.5 Å². The number of fused-ring (bicyclic) bond motifs is 1. The minimum Gasteiger partial charge on any atom is -0.387 e. The summed E-state index contributed by atoms with van der Waals surface area (Å²) in [5.74, 6) is 0.978. The van der Waals surface area contributed by atoms with Crippen LogP contribution in [0.4, 0.5) is 5.82 Å². The first-order valence-corrected chi connectivity index (χ1v) is 10.6. The van der Waals surface area contributed by atoms with Crippen molar-refractivity contribution in [1.82, 2.24) is 30.2 Å². The summed E-state index contributed by atoms with van der Waals surface area (Å²) >= 11 is 0. The van der Waals surface area contributed by atoms with Gasteiger partial charge in [0.25, 0.3) is 0 Å². The number of nitrogens with one attached hydrogen (secondary N) is 3. The quantitative estimate of drug-likeness (QED) is 0.316. The van der Waals surface area contributed by atoms with Crippen molar-refractivity contribution in [3.05, 3.63) is 12.2 Å². The van der Waals surface area contributed by atoms with E-state index in [0.29, 0.717) is 42.3 Å². The number of nitrogens with zero attached hydrogens (tertiary/aromatic N) is 4. The third kappa shape index (κ3) is 5.51. The number of aliphatic hydroxyl groups excluding tert-OH is 2. The lowest BCUT2D eigenvalue weighted by molar-refractivity contribution is -0.122. The van der Waals surface area contributed by atoms with Crippen LogP contribution in [0.15, 0.2) is 6.33 Å². The number of aliphatic hydroxyl groups is 2. The molecular weight excluding hydrogens is 418 g/mol. The first kappa shape index (κ1) is 24.3. The van der Waals surface area contributed by atoms with Gasteiger partial charge in [0.1, 0.15) is 24.1 Å². The fourth-order valence-electron chi connectivity index (χ4n) is 3.55. The van der Waals surface area contributed by atoms with Gasteiger partial charge in [0.2, 0.25) is 5.91 Å². The molecule has 1 amide bonds. The zero-order chi connectivity index (χ0) is 23.5. The van der Waals surface area contributed by atoms with Gasteiger partial charge >= 0.3 is 0 Å². The van der Waals surface area contributed by atoms with Gasteiger partial charge in [-0.25, -0.2) is 15.0 Å². The fraction of sp³-hybridized carbons (Fsp3) is 0.700. The van der Waals surface area contributed by atoms with Crippen LogP contribution in [0, 0.1) is 0 Å². The minimum absolute atomic E-state index is 0.0353. The third-order valence-electron chi connectivity index (χ3n) is 4.97. The number of rotatable bonds is 9. The van der Waals surface area contributed by atoms with Crippen molar-refractivity contribution in [2.45, 2.75) is 63.8 Å². The Labute approximate surface area is 186 Å². The van der Waals surface area contributed by atoms with Crippen LogP contribution in [-0.4, -0.2) is 86.8 Å². The van der Waals surface area contributed by atoms with E-state index < -0.39 is 24.5 Å². The van der Waals surface area contributed by atoms with Crippen LogP contribution in [0.1, 0.15) is 39.2 Å². The monoisotopic (exact) mass is 451 g/mol. The number of carbonyl (C=O) groups excluding carboxylic acids is 1. The van der Waals surface area contributed by atoms with Crippen LogP contribution < -0.4 is 16.0 Å². The molecule has 4 atom stereocenters. The summed E-state index contributed by atoms with van der Waals surface area (Å²) in [4.78, 5) is 25.4. The topological polar surface area (TPSA) is 156 Å². The van der Waals surface area contributed by atoms with E-state index in [-0.39, 0.29) is 18.1 Å². The molecule has 2 aromatic rings. The molecule has 0 aliphatic carbocycles. The van der Waals surface area contributed by atoms with Crippen LogP contribution in [0.25, 0.3) is 11.2 Å². The highest BCUT2D eigenvalue weighted by Gasteiger charge is 2.44. The molecule has 5 N–H and O–H groups in total. The molecule has 1 fully saturated rings. The standard InChI is InChI=1S/C20H33N7O5/c1-20(2,3)26-13(28)6-7-22-8-12-24-17(21-4)14-18(25-12)27(10-23-14)19-16(30)15(29)11(32-19)9-31-5/h10-11,15-16,19,22,29-30H,6-9H2,1-5H3,(H,26,28)(H,21,24,25)/t11-,15-,16-,19-/m1/s1. The molecule has 0 spiro atoms. The van der Waals surface area contributed by atoms with Crippen molar-refractivity contribution >= 4 is 22.9 Å². The van der Waals surface area contributed by atoms with E-state index in [1.807, 2.05) is 20.8 Å². The molecule has 0 unspecified atom stereocenters. The van der Waals surface area contributed by atoms with Gasteiger partial charge in [-0.15, -0.1) is 0 Å². The Morgan fingerprint density at radius 2 is 2.03 bits per heavy atom. The third-order valence-corrected chi connectivity index (χ3v) is 4.97. The molecule has 1 aliphatic rings. The van der Waals surface area contributed by atoms with Crippen LogP contribution >= 0.6 is 0 Å². The molecule has 1 aliphatic heterocycles. The zero-order valence-corrected chi connectivity index (χ0v) is 19.1. The second-order valence-corrected chi connectivity index (χ2v) is 8.79. The molecule has 12 heteroatoms. The summed E-state index contributed by atoms with van der Waals surface area (Å²) in [6, 6.07) is 0. The highest BCUT2D eigenvalue weighted by atomic mass is 16.6. The maximum atomic E-state index is 12.0. The molecule has 178 valence electrons. The lowest BCUT2D eigenvalue weighted by atomic mass is 10.1. The zero-order valence-electron chi connectivity index (χ0n) is 19.1. The molecule has 3 heterocycles. The van der Waals surface area contributed by atoms with Crippen molar-refractivity contribution in [2.75, 3.05) is 32.6 Å². The van der Waals surface area contributed by atoms with E-state index in [1.165, 1.54) is 13.4 Å². The molecule has 1 saturated heterocycles. The number of anilines is 1. The van der Waals surface area contributed by atoms with Gasteiger partial charge in [-0.1, -0.05) is 0 Å². The number of hydrogen-bond acceptors (Lipinski definition) is 10. The molecule has 0 aromatic carbocycles. The molecule has 3 rings (SSSR count). The van der Waals surface area contributed by atoms with Crippen LogP contribution in [-0.2, 0) is 20.8 Å². The summed E-state index contributed by atoms with van der Waals surface area (Å²) in [7, 11) is 3.23. The molecule has 0 saturated carbocycles. The van der Waals surface area contributed by atoms with E-state index in [2.05, 4.69) is 30.9 Å². The molecule has 0 bridgehead atoms. The molecular formula is C20H33N7O5. The van der Waals surface area contributed by atoms with Gasteiger partial charge in [-0.3, -0.25) is 9.36 Å². The summed E-state index contributed by atoms with van der Waals surface area (Å²) < 4.78 is 12.5. The summed E-state index contributed by atoms with van der Waals surface area (Å²) in [6.07, 6.45) is -1.95. The second-order valence-electron chi connectivity index (χ2n) is 8.79. The number of hydrogen-bond donors (Lipinski definition) is 5.